The summed E-state index contributed by atoms with van der Waals surface area (Å²) in [5.41, 5.74) is 2.83. The van der Waals surface area contributed by atoms with Crippen molar-refractivity contribution in [2.45, 2.75) is 19.4 Å². The van der Waals surface area contributed by atoms with Gasteiger partial charge >= 0.3 is 0 Å². The highest BCUT2D eigenvalue weighted by Crippen LogP contribution is 2.26. The van der Waals surface area contributed by atoms with Gasteiger partial charge in [0.15, 0.2) is 0 Å². The molecule has 1 amide bonds. The second-order valence-corrected chi connectivity index (χ2v) is 9.27. The number of rotatable bonds is 6. The lowest BCUT2D eigenvalue weighted by Gasteiger charge is -2.38. The Hall–Kier alpha value is -2.81. The number of carbonyl (C=O) groups is 1. The summed E-state index contributed by atoms with van der Waals surface area (Å²) in [4.78, 5) is 24.5. The molecule has 2 aromatic carbocycles. The van der Waals surface area contributed by atoms with Gasteiger partial charge in [-0.05, 0) is 62.3 Å². The maximum absolute atomic E-state index is 13.5. The minimum absolute atomic E-state index is 0.0801. The normalized spacial score (nSPS) is 18.6. The van der Waals surface area contributed by atoms with E-state index in [1.54, 1.807) is 12.1 Å². The third-order valence-corrected chi connectivity index (χ3v) is 7.12. The number of piperazine rings is 1. The number of fused-ring (bicyclic) bond motifs is 1. The van der Waals surface area contributed by atoms with Crippen LogP contribution in [-0.2, 0) is 11.3 Å². The van der Waals surface area contributed by atoms with Crippen molar-refractivity contribution in [3.63, 3.8) is 0 Å². The molecule has 180 valence electrons. The van der Waals surface area contributed by atoms with E-state index in [4.69, 9.17) is 10.1 Å². The highest BCUT2D eigenvalue weighted by Gasteiger charge is 2.31. The summed E-state index contributed by atoms with van der Waals surface area (Å²) in [6.45, 7) is 6.43. The lowest BCUT2D eigenvalue weighted by molar-refractivity contribution is -0.139. The van der Waals surface area contributed by atoms with Crippen molar-refractivity contribution < 1.29 is 14.3 Å². The molecule has 3 heterocycles. The number of nitrogens with zero attached hydrogens (tertiary/aromatic N) is 5. The number of aliphatic hydroxyl groups is 1. The number of piperidine rings is 1. The van der Waals surface area contributed by atoms with E-state index in [9.17, 15) is 9.18 Å². The largest absolute Gasteiger partial charge is 0.395 e. The Bertz CT molecular complexity index is 1120. The zero-order valence-electron chi connectivity index (χ0n) is 19.4. The molecule has 1 N–H and O–H groups in total. The molecule has 0 saturated carbocycles. The number of β-amino-alcohol motifs (C(OH)–C–C–N with tert-alkyl or cyclic N) is 1. The Morgan fingerprint density at radius 3 is 2.35 bits per heavy atom. The predicted molar refractivity (Wildman–Crippen MR) is 129 cm³/mol. The third-order valence-electron chi connectivity index (χ3n) is 7.12. The molecule has 0 bridgehead atoms. The van der Waals surface area contributed by atoms with Crippen molar-refractivity contribution in [2.75, 3.05) is 52.4 Å². The van der Waals surface area contributed by atoms with Gasteiger partial charge in [0.2, 0.25) is 5.91 Å². The van der Waals surface area contributed by atoms with E-state index in [2.05, 4.69) is 14.4 Å². The van der Waals surface area contributed by atoms with Crippen molar-refractivity contribution in [3.05, 3.63) is 60.2 Å². The molecule has 2 aliphatic heterocycles. The maximum atomic E-state index is 13.5. The number of aromatic nitrogens is 2. The first kappa shape index (κ1) is 23.0. The summed E-state index contributed by atoms with van der Waals surface area (Å²) in [7, 11) is 0. The van der Waals surface area contributed by atoms with E-state index < -0.39 is 0 Å². The summed E-state index contributed by atoms with van der Waals surface area (Å²) in [5, 5.41) is 9.11. The number of hydrogen-bond donors (Lipinski definition) is 1. The summed E-state index contributed by atoms with van der Waals surface area (Å²) >= 11 is 0. The molecule has 0 atom stereocenters. The van der Waals surface area contributed by atoms with Crippen LogP contribution in [0.3, 0.4) is 0 Å². The van der Waals surface area contributed by atoms with Crippen molar-refractivity contribution in [1.82, 2.24) is 24.3 Å². The fourth-order valence-electron chi connectivity index (χ4n) is 5.19. The molecule has 2 aliphatic rings. The average Bonchev–Trinajstić information content (AvgIpc) is 3.23. The minimum atomic E-state index is -0.253. The number of carbonyl (C=O) groups excluding carboxylic acids is 1. The second-order valence-electron chi connectivity index (χ2n) is 9.27. The molecule has 0 unspecified atom stereocenters. The van der Waals surface area contributed by atoms with Gasteiger partial charge in [0.25, 0.3) is 0 Å². The molecule has 8 heteroatoms. The first-order chi connectivity index (χ1) is 16.6. The minimum Gasteiger partial charge on any atom is -0.395 e. The van der Waals surface area contributed by atoms with Gasteiger partial charge in [-0.1, -0.05) is 12.1 Å². The summed E-state index contributed by atoms with van der Waals surface area (Å²) in [5.74, 6) is 1.03. The van der Waals surface area contributed by atoms with Crippen LogP contribution < -0.4 is 0 Å². The predicted octanol–water partition coefficient (Wildman–Crippen LogP) is 2.51. The van der Waals surface area contributed by atoms with Crippen LogP contribution in [0, 0.1) is 11.7 Å². The SMILES string of the molecule is O=C(C1CCN(Cc2nc3ccccc3n2-c2ccc(F)cc2)CC1)N1CCN(CCO)CC1. The van der Waals surface area contributed by atoms with Crippen molar-refractivity contribution in [1.29, 1.82) is 0 Å². The van der Waals surface area contributed by atoms with Crippen LogP contribution in [0.4, 0.5) is 4.39 Å². The van der Waals surface area contributed by atoms with Crippen LogP contribution in [0.2, 0.25) is 0 Å². The number of benzene rings is 2. The Labute approximate surface area is 199 Å². The van der Waals surface area contributed by atoms with Crippen molar-refractivity contribution >= 4 is 16.9 Å². The number of imidazole rings is 1. The van der Waals surface area contributed by atoms with E-state index >= 15 is 0 Å². The number of halogens is 1. The highest BCUT2D eigenvalue weighted by atomic mass is 19.1. The zero-order valence-corrected chi connectivity index (χ0v) is 19.4. The number of likely N-dealkylation sites (tertiary alicyclic amines) is 1. The zero-order chi connectivity index (χ0) is 23.5. The van der Waals surface area contributed by atoms with Crippen LogP contribution in [-0.4, -0.2) is 87.7 Å². The van der Waals surface area contributed by atoms with Gasteiger partial charge in [0.1, 0.15) is 11.6 Å². The van der Waals surface area contributed by atoms with Crippen molar-refractivity contribution in [2.24, 2.45) is 5.92 Å². The summed E-state index contributed by atoms with van der Waals surface area (Å²) in [6, 6.07) is 14.6. The molecule has 2 fully saturated rings. The highest BCUT2D eigenvalue weighted by molar-refractivity contribution is 5.79. The smallest absolute Gasteiger partial charge is 0.225 e. The Morgan fingerprint density at radius 2 is 1.65 bits per heavy atom. The molecular weight excluding hydrogens is 433 g/mol. The van der Waals surface area contributed by atoms with Crippen LogP contribution >= 0.6 is 0 Å². The van der Waals surface area contributed by atoms with Gasteiger partial charge in [-0.15, -0.1) is 0 Å². The monoisotopic (exact) mass is 465 g/mol. The van der Waals surface area contributed by atoms with E-state index in [0.717, 1.165) is 74.7 Å². The van der Waals surface area contributed by atoms with Gasteiger partial charge in [-0.25, -0.2) is 9.37 Å². The number of aliphatic hydroxyl groups excluding tert-OH is 1. The van der Waals surface area contributed by atoms with E-state index in [0.29, 0.717) is 13.1 Å². The Morgan fingerprint density at radius 1 is 0.941 bits per heavy atom. The molecule has 2 saturated heterocycles. The number of para-hydroxylation sites is 2. The van der Waals surface area contributed by atoms with Crippen LogP contribution in [0.15, 0.2) is 48.5 Å². The van der Waals surface area contributed by atoms with Crippen LogP contribution in [0.5, 0.6) is 0 Å². The number of hydrogen-bond acceptors (Lipinski definition) is 5. The van der Waals surface area contributed by atoms with Crippen molar-refractivity contribution in [3.8, 4) is 5.69 Å². The third kappa shape index (κ3) is 4.85. The molecule has 5 rings (SSSR count). The van der Waals surface area contributed by atoms with E-state index in [1.807, 2.05) is 29.2 Å². The first-order valence-corrected chi connectivity index (χ1v) is 12.2. The van der Waals surface area contributed by atoms with E-state index in [-0.39, 0.29) is 24.2 Å². The maximum Gasteiger partial charge on any atom is 0.225 e. The standard InChI is InChI=1S/C26H32FN5O2/c27-21-5-7-22(8-6-21)32-24-4-2-1-3-23(24)28-25(32)19-30-11-9-20(10-12-30)26(34)31-15-13-29(14-16-31)17-18-33/h1-8,20,33H,9-19H2. The molecule has 3 aromatic rings. The van der Waals surface area contributed by atoms with Crippen LogP contribution in [0.25, 0.3) is 16.7 Å². The fraction of sp³-hybridized carbons (Fsp3) is 0.462. The lowest BCUT2D eigenvalue weighted by Crippen LogP contribution is -2.52. The fourth-order valence-corrected chi connectivity index (χ4v) is 5.19. The van der Waals surface area contributed by atoms with E-state index in [1.165, 1.54) is 12.1 Å². The molecule has 0 radical (unpaired) electrons. The molecule has 7 nitrogen and oxygen atoms in total. The average molecular weight is 466 g/mol. The molecule has 1 aromatic heterocycles. The second kappa shape index (κ2) is 10.2. The first-order valence-electron chi connectivity index (χ1n) is 12.2. The number of amides is 1. The summed E-state index contributed by atoms with van der Waals surface area (Å²) in [6.07, 6.45) is 1.71. The lowest BCUT2D eigenvalue weighted by atomic mass is 9.95. The van der Waals surface area contributed by atoms with Gasteiger partial charge in [0, 0.05) is 44.3 Å². The molecular formula is C26H32FN5O2. The molecule has 34 heavy (non-hydrogen) atoms. The van der Waals surface area contributed by atoms with Gasteiger partial charge < -0.3 is 10.0 Å². The summed E-state index contributed by atoms with van der Waals surface area (Å²) < 4.78 is 15.6. The molecule has 0 aliphatic carbocycles. The Balaban J connectivity index is 1.24. The van der Waals surface area contributed by atoms with Gasteiger partial charge in [-0.2, -0.15) is 0 Å². The van der Waals surface area contributed by atoms with Gasteiger partial charge in [0.05, 0.1) is 24.2 Å². The Kier molecular flexibility index (Phi) is 6.89. The topological polar surface area (TPSA) is 64.8 Å². The quantitative estimate of drug-likeness (QED) is 0.606. The van der Waals surface area contributed by atoms with Gasteiger partial charge in [-0.3, -0.25) is 19.2 Å². The molecule has 0 spiro atoms. The van der Waals surface area contributed by atoms with Crippen LogP contribution in [0.1, 0.15) is 18.7 Å².